The van der Waals surface area contributed by atoms with Crippen molar-refractivity contribution in [1.29, 1.82) is 0 Å². The first-order valence-electron chi connectivity index (χ1n) is 9.36. The van der Waals surface area contributed by atoms with Crippen molar-refractivity contribution in [3.63, 3.8) is 0 Å². The van der Waals surface area contributed by atoms with Crippen LogP contribution in [0.15, 0.2) is 40.5 Å². The molecule has 1 atom stereocenters. The van der Waals surface area contributed by atoms with Crippen LogP contribution in [0.3, 0.4) is 0 Å². The van der Waals surface area contributed by atoms with Crippen LogP contribution in [0.5, 0.6) is 0 Å². The molecule has 28 heavy (non-hydrogen) atoms. The lowest BCUT2D eigenvalue weighted by molar-refractivity contribution is -0.139. The van der Waals surface area contributed by atoms with Gasteiger partial charge in [-0.05, 0) is 38.0 Å². The predicted molar refractivity (Wildman–Crippen MR) is 112 cm³/mol. The van der Waals surface area contributed by atoms with Crippen LogP contribution in [-0.4, -0.2) is 60.0 Å². The highest BCUT2D eigenvalue weighted by atomic mass is 32.2. The normalized spacial score (nSPS) is 18.9. The van der Waals surface area contributed by atoms with E-state index in [0.717, 1.165) is 29.4 Å². The summed E-state index contributed by atoms with van der Waals surface area (Å²) >= 11 is 1.71. The summed E-state index contributed by atoms with van der Waals surface area (Å²) in [5.41, 5.74) is 2.86. The highest BCUT2D eigenvalue weighted by molar-refractivity contribution is 8.13. The first kappa shape index (κ1) is 20.3. The molecule has 0 radical (unpaired) electrons. The van der Waals surface area contributed by atoms with Crippen molar-refractivity contribution in [1.82, 2.24) is 9.80 Å². The van der Waals surface area contributed by atoms with Gasteiger partial charge in [0.2, 0.25) is 0 Å². The smallest absolute Gasteiger partial charge is 0.338 e. The SMILES string of the molecule is CCOC(=O)C1=C(C)N=C2SCCCN2[C@@H]1c1cccc(NC(=O)N(C)C)c1. The number of amides is 2. The molecule has 7 nitrogen and oxygen atoms in total. The topological polar surface area (TPSA) is 74.2 Å². The molecule has 8 heteroatoms. The van der Waals surface area contributed by atoms with E-state index in [4.69, 9.17) is 4.74 Å². The second-order valence-corrected chi connectivity index (χ2v) is 7.92. The van der Waals surface area contributed by atoms with E-state index in [1.54, 1.807) is 32.8 Å². The Morgan fingerprint density at radius 2 is 2.18 bits per heavy atom. The quantitative estimate of drug-likeness (QED) is 0.781. The van der Waals surface area contributed by atoms with Gasteiger partial charge in [0.1, 0.15) is 0 Å². The molecule has 0 aliphatic carbocycles. The van der Waals surface area contributed by atoms with Crippen LogP contribution in [0, 0.1) is 0 Å². The maximum absolute atomic E-state index is 12.8. The molecule has 2 amide bonds. The Hall–Kier alpha value is -2.48. The van der Waals surface area contributed by atoms with Gasteiger partial charge in [-0.1, -0.05) is 23.9 Å². The first-order chi connectivity index (χ1) is 13.4. The fourth-order valence-corrected chi connectivity index (χ4v) is 4.33. The lowest BCUT2D eigenvalue weighted by Gasteiger charge is -2.40. The molecule has 1 aromatic carbocycles. The van der Waals surface area contributed by atoms with Gasteiger partial charge in [-0.25, -0.2) is 14.6 Å². The minimum atomic E-state index is -0.342. The van der Waals surface area contributed by atoms with Gasteiger partial charge >= 0.3 is 12.0 Å². The number of hydrogen-bond donors (Lipinski definition) is 1. The fourth-order valence-electron chi connectivity index (χ4n) is 3.31. The van der Waals surface area contributed by atoms with Crippen LogP contribution >= 0.6 is 11.8 Å². The van der Waals surface area contributed by atoms with Crippen molar-refractivity contribution in [3.8, 4) is 0 Å². The molecular weight excluding hydrogens is 376 g/mol. The summed E-state index contributed by atoms with van der Waals surface area (Å²) in [6.07, 6.45) is 1.02. The van der Waals surface area contributed by atoms with Crippen LogP contribution in [-0.2, 0) is 9.53 Å². The van der Waals surface area contributed by atoms with Crippen LogP contribution in [0.2, 0.25) is 0 Å². The highest BCUT2D eigenvalue weighted by Gasteiger charge is 2.37. The number of benzene rings is 1. The Balaban J connectivity index is 2.02. The number of amidine groups is 1. The summed E-state index contributed by atoms with van der Waals surface area (Å²) in [6, 6.07) is 7.14. The number of carbonyl (C=O) groups excluding carboxylic acids is 2. The summed E-state index contributed by atoms with van der Waals surface area (Å²) < 4.78 is 5.33. The summed E-state index contributed by atoms with van der Waals surface area (Å²) in [5.74, 6) is 0.675. The predicted octanol–water partition coefficient (Wildman–Crippen LogP) is 3.47. The zero-order valence-electron chi connectivity index (χ0n) is 16.7. The number of nitrogens with zero attached hydrogens (tertiary/aromatic N) is 3. The lowest BCUT2D eigenvalue weighted by atomic mass is 9.94. The zero-order chi connectivity index (χ0) is 20.3. The minimum absolute atomic E-state index is 0.200. The van der Waals surface area contributed by atoms with E-state index in [9.17, 15) is 9.59 Å². The molecule has 2 heterocycles. The molecule has 2 aliphatic heterocycles. The number of carbonyl (C=O) groups is 2. The van der Waals surface area contributed by atoms with Crippen LogP contribution in [0.25, 0.3) is 0 Å². The molecule has 0 bridgehead atoms. The number of fused-ring (bicyclic) bond motifs is 1. The van der Waals surface area contributed by atoms with E-state index in [-0.39, 0.29) is 18.0 Å². The van der Waals surface area contributed by atoms with E-state index >= 15 is 0 Å². The maximum atomic E-state index is 12.8. The second kappa shape index (κ2) is 8.68. The average molecular weight is 403 g/mol. The summed E-state index contributed by atoms with van der Waals surface area (Å²) in [7, 11) is 3.39. The number of nitrogens with one attached hydrogen (secondary N) is 1. The number of anilines is 1. The van der Waals surface area contributed by atoms with Crippen molar-refractivity contribution in [2.75, 3.05) is 38.3 Å². The lowest BCUT2D eigenvalue weighted by Crippen LogP contribution is -2.42. The van der Waals surface area contributed by atoms with Crippen molar-refractivity contribution >= 4 is 34.6 Å². The van der Waals surface area contributed by atoms with Crippen LogP contribution < -0.4 is 5.32 Å². The number of ether oxygens (including phenoxy) is 1. The number of rotatable bonds is 4. The molecule has 0 saturated carbocycles. The third-order valence-electron chi connectivity index (χ3n) is 4.61. The monoisotopic (exact) mass is 402 g/mol. The molecule has 3 rings (SSSR count). The summed E-state index contributed by atoms with van der Waals surface area (Å²) in [6.45, 7) is 4.79. The third-order valence-corrected chi connectivity index (χ3v) is 5.69. The molecule has 0 aromatic heterocycles. The van der Waals surface area contributed by atoms with Gasteiger partial charge in [0, 0.05) is 32.1 Å². The number of hydrogen-bond acceptors (Lipinski definition) is 6. The largest absolute Gasteiger partial charge is 0.463 e. The third kappa shape index (κ3) is 4.16. The van der Waals surface area contributed by atoms with Crippen molar-refractivity contribution < 1.29 is 14.3 Å². The summed E-state index contributed by atoms with van der Waals surface area (Å²) in [4.78, 5) is 33.1. The number of urea groups is 1. The van der Waals surface area contributed by atoms with Gasteiger partial charge in [0.05, 0.1) is 23.9 Å². The molecule has 0 spiro atoms. The molecular formula is C20H26N4O3S. The maximum Gasteiger partial charge on any atom is 0.338 e. The highest BCUT2D eigenvalue weighted by Crippen LogP contribution is 2.40. The first-order valence-corrected chi connectivity index (χ1v) is 10.3. The minimum Gasteiger partial charge on any atom is -0.463 e. The van der Waals surface area contributed by atoms with Gasteiger partial charge in [-0.15, -0.1) is 0 Å². The second-order valence-electron chi connectivity index (χ2n) is 6.86. The van der Waals surface area contributed by atoms with Gasteiger partial charge in [-0.3, -0.25) is 0 Å². The molecule has 1 N–H and O–H groups in total. The van der Waals surface area contributed by atoms with Gasteiger partial charge in [0.15, 0.2) is 5.17 Å². The Bertz CT molecular complexity index is 834. The van der Waals surface area contributed by atoms with E-state index < -0.39 is 0 Å². The van der Waals surface area contributed by atoms with Crippen molar-refractivity contribution in [2.45, 2.75) is 26.3 Å². The Morgan fingerprint density at radius 3 is 2.89 bits per heavy atom. The number of thioether (sulfide) groups is 1. The van der Waals surface area contributed by atoms with Gasteiger partial charge in [-0.2, -0.15) is 0 Å². The molecule has 150 valence electrons. The zero-order valence-corrected chi connectivity index (χ0v) is 17.5. The molecule has 1 fully saturated rings. The van der Waals surface area contributed by atoms with Crippen molar-refractivity contribution in [3.05, 3.63) is 41.1 Å². The standard InChI is InChI=1S/C20H26N4O3S/c1-5-27-18(25)16-13(2)21-20-24(10-7-11-28-20)17(16)14-8-6-9-15(12-14)22-19(26)23(3)4/h6,8-9,12,17H,5,7,10-11H2,1-4H3,(H,22,26)/t17-/m1/s1. The van der Waals surface area contributed by atoms with Crippen molar-refractivity contribution in [2.24, 2.45) is 4.99 Å². The number of allylic oxidation sites excluding steroid dienone is 1. The Labute approximate surface area is 169 Å². The van der Waals surface area contributed by atoms with E-state index in [2.05, 4.69) is 15.2 Å². The Morgan fingerprint density at radius 1 is 1.39 bits per heavy atom. The Kier molecular flexibility index (Phi) is 6.28. The van der Waals surface area contributed by atoms with E-state index in [0.29, 0.717) is 23.6 Å². The molecule has 2 aliphatic rings. The average Bonchev–Trinajstić information content (AvgIpc) is 2.67. The molecule has 1 saturated heterocycles. The van der Waals surface area contributed by atoms with E-state index in [1.807, 2.05) is 31.2 Å². The van der Waals surface area contributed by atoms with Gasteiger partial charge < -0.3 is 19.9 Å². The number of aliphatic imine (C=N–C) groups is 1. The van der Waals surface area contributed by atoms with Crippen LogP contribution in [0.1, 0.15) is 31.9 Å². The van der Waals surface area contributed by atoms with Gasteiger partial charge in [0.25, 0.3) is 0 Å². The van der Waals surface area contributed by atoms with Crippen LogP contribution in [0.4, 0.5) is 10.5 Å². The molecule has 0 unspecified atom stereocenters. The molecule has 1 aromatic rings. The van der Waals surface area contributed by atoms with E-state index in [1.165, 1.54) is 4.90 Å². The number of esters is 1. The fraction of sp³-hybridized carbons (Fsp3) is 0.450. The summed E-state index contributed by atoms with van der Waals surface area (Å²) in [5, 5.41) is 3.81.